The molecule has 0 aromatic carbocycles. The van der Waals surface area contributed by atoms with Gasteiger partial charge < -0.3 is 15.0 Å². The number of amides is 1. The Balaban J connectivity index is 1.52. The number of hydrogen-bond donors (Lipinski definition) is 1. The summed E-state index contributed by atoms with van der Waals surface area (Å²) >= 11 is 0. The van der Waals surface area contributed by atoms with Crippen molar-refractivity contribution >= 4 is 5.91 Å². The number of likely N-dealkylation sites (N-methyl/N-ethyl adjacent to an activating group) is 1. The number of aromatic nitrogens is 1. The van der Waals surface area contributed by atoms with Crippen LogP contribution in [-0.4, -0.2) is 54.7 Å². The van der Waals surface area contributed by atoms with E-state index in [4.69, 9.17) is 4.74 Å². The van der Waals surface area contributed by atoms with Gasteiger partial charge in [0.05, 0.1) is 18.2 Å². The predicted octanol–water partition coefficient (Wildman–Crippen LogP) is 0.848. The lowest BCUT2D eigenvalue weighted by atomic mass is 9.71. The lowest BCUT2D eigenvalue weighted by Gasteiger charge is -2.50. The van der Waals surface area contributed by atoms with Crippen LogP contribution >= 0.6 is 0 Å². The summed E-state index contributed by atoms with van der Waals surface area (Å²) < 4.78 is 5.77. The Kier molecular flexibility index (Phi) is 4.22. The number of hydrogen-bond acceptors (Lipinski definition) is 4. The molecule has 1 N–H and O–H groups in total. The number of rotatable bonds is 5. The first-order chi connectivity index (χ1) is 10.2. The zero-order valence-electron chi connectivity index (χ0n) is 12.7. The summed E-state index contributed by atoms with van der Waals surface area (Å²) in [6, 6.07) is 4.46. The van der Waals surface area contributed by atoms with E-state index in [1.165, 1.54) is 0 Å². The molecule has 21 heavy (non-hydrogen) atoms. The zero-order valence-corrected chi connectivity index (χ0v) is 12.7. The van der Waals surface area contributed by atoms with Gasteiger partial charge in [-0.05, 0) is 44.6 Å². The van der Waals surface area contributed by atoms with Crippen LogP contribution in [0.15, 0.2) is 24.5 Å². The zero-order chi connectivity index (χ0) is 14.8. The van der Waals surface area contributed by atoms with Gasteiger partial charge in [0.15, 0.2) is 0 Å². The molecule has 0 spiro atoms. The highest BCUT2D eigenvalue weighted by Crippen LogP contribution is 2.41. The average molecular weight is 289 g/mol. The summed E-state index contributed by atoms with van der Waals surface area (Å²) in [6.07, 6.45) is 6.18. The number of aryl methyl sites for hydroxylation is 1. The minimum absolute atomic E-state index is 0.133. The first-order valence-corrected chi connectivity index (χ1v) is 7.63. The van der Waals surface area contributed by atoms with Gasteiger partial charge in [-0.15, -0.1) is 0 Å². The van der Waals surface area contributed by atoms with E-state index in [0.717, 1.165) is 25.0 Å². The van der Waals surface area contributed by atoms with Crippen LogP contribution in [-0.2, 0) is 16.0 Å². The number of pyridine rings is 1. The van der Waals surface area contributed by atoms with E-state index < -0.39 is 0 Å². The molecule has 1 aromatic rings. The molecule has 5 heteroatoms. The van der Waals surface area contributed by atoms with Crippen molar-refractivity contribution < 1.29 is 9.53 Å². The summed E-state index contributed by atoms with van der Waals surface area (Å²) in [4.78, 5) is 18.3. The third-order valence-corrected chi connectivity index (χ3v) is 4.66. The SMILES string of the molecule is CN(C)[C@@H]1[C@@H](NC(=O)CCc2ccncc2)[C@H]2CCO[C@H]21. The number of fused-ring (bicyclic) bond motifs is 1. The largest absolute Gasteiger partial charge is 0.376 e. The van der Waals surface area contributed by atoms with Gasteiger partial charge in [0.1, 0.15) is 0 Å². The molecule has 1 aliphatic carbocycles. The third kappa shape index (κ3) is 2.94. The Morgan fingerprint density at radius 1 is 1.43 bits per heavy atom. The second kappa shape index (κ2) is 6.12. The van der Waals surface area contributed by atoms with Crippen LogP contribution in [0.2, 0.25) is 0 Å². The number of nitrogens with one attached hydrogen (secondary N) is 1. The van der Waals surface area contributed by atoms with Crippen LogP contribution in [0.4, 0.5) is 0 Å². The summed E-state index contributed by atoms with van der Waals surface area (Å²) in [5.74, 6) is 0.622. The highest BCUT2D eigenvalue weighted by atomic mass is 16.5. The minimum atomic E-state index is 0.133. The quantitative estimate of drug-likeness (QED) is 0.873. The van der Waals surface area contributed by atoms with Gasteiger partial charge in [-0.25, -0.2) is 0 Å². The Hall–Kier alpha value is -1.46. The topological polar surface area (TPSA) is 54.5 Å². The van der Waals surface area contributed by atoms with Crippen molar-refractivity contribution in [3.63, 3.8) is 0 Å². The van der Waals surface area contributed by atoms with Gasteiger partial charge in [-0.1, -0.05) is 0 Å². The summed E-state index contributed by atoms with van der Waals surface area (Å²) in [5, 5.41) is 3.21. The standard InChI is InChI=1S/C16H23N3O2/c1-19(2)15-14(12-7-10-21-16(12)15)18-13(20)4-3-11-5-8-17-9-6-11/h5-6,8-9,12,14-16H,3-4,7,10H2,1-2H3,(H,18,20)/t12-,14+,15-,16-/m1/s1. The van der Waals surface area contributed by atoms with Crippen LogP contribution in [0, 0.1) is 5.92 Å². The van der Waals surface area contributed by atoms with Crippen LogP contribution in [0.3, 0.4) is 0 Å². The van der Waals surface area contributed by atoms with Crippen LogP contribution in [0.5, 0.6) is 0 Å². The molecular formula is C16H23N3O2. The molecular weight excluding hydrogens is 266 g/mol. The molecule has 0 bridgehead atoms. The molecule has 1 amide bonds. The molecule has 5 nitrogen and oxygen atoms in total. The van der Waals surface area contributed by atoms with Crippen LogP contribution < -0.4 is 5.32 Å². The van der Waals surface area contributed by atoms with Gasteiger partial charge in [-0.2, -0.15) is 0 Å². The molecule has 2 heterocycles. The molecule has 1 aliphatic heterocycles. The molecule has 1 saturated heterocycles. The fourth-order valence-electron chi connectivity index (χ4n) is 3.55. The van der Waals surface area contributed by atoms with E-state index in [2.05, 4.69) is 29.3 Å². The molecule has 0 unspecified atom stereocenters. The van der Waals surface area contributed by atoms with Crippen LogP contribution in [0.1, 0.15) is 18.4 Å². The average Bonchev–Trinajstić information content (AvgIpc) is 2.87. The number of carbonyl (C=O) groups is 1. The van der Waals surface area contributed by atoms with E-state index in [-0.39, 0.29) is 11.9 Å². The maximum absolute atomic E-state index is 12.2. The lowest BCUT2D eigenvalue weighted by Crippen LogP contribution is -2.69. The Morgan fingerprint density at radius 2 is 2.19 bits per heavy atom. The van der Waals surface area contributed by atoms with Gasteiger partial charge in [0.2, 0.25) is 5.91 Å². The molecule has 1 saturated carbocycles. The molecule has 2 aliphatic rings. The maximum Gasteiger partial charge on any atom is 0.220 e. The van der Waals surface area contributed by atoms with Crippen molar-refractivity contribution in [3.05, 3.63) is 30.1 Å². The Labute approximate surface area is 125 Å². The molecule has 2 fully saturated rings. The minimum Gasteiger partial charge on any atom is -0.376 e. The summed E-state index contributed by atoms with van der Waals surface area (Å²) in [6.45, 7) is 0.822. The number of nitrogens with zero attached hydrogens (tertiary/aromatic N) is 2. The van der Waals surface area contributed by atoms with Crippen molar-refractivity contribution in [3.8, 4) is 0 Å². The summed E-state index contributed by atoms with van der Waals surface area (Å²) in [7, 11) is 4.11. The molecule has 114 valence electrons. The normalized spacial score (nSPS) is 30.8. The van der Waals surface area contributed by atoms with Gasteiger partial charge in [0, 0.05) is 31.3 Å². The molecule has 3 rings (SSSR count). The van der Waals surface area contributed by atoms with E-state index in [9.17, 15) is 4.79 Å². The first-order valence-electron chi connectivity index (χ1n) is 7.63. The smallest absolute Gasteiger partial charge is 0.220 e. The lowest BCUT2D eigenvalue weighted by molar-refractivity contribution is -0.128. The Morgan fingerprint density at radius 3 is 2.90 bits per heavy atom. The Bertz CT molecular complexity index is 492. The highest BCUT2D eigenvalue weighted by Gasteiger charge is 2.55. The number of ether oxygens (including phenoxy) is 1. The van der Waals surface area contributed by atoms with E-state index >= 15 is 0 Å². The fourth-order valence-corrected chi connectivity index (χ4v) is 3.55. The van der Waals surface area contributed by atoms with E-state index in [0.29, 0.717) is 24.5 Å². The van der Waals surface area contributed by atoms with Crippen molar-refractivity contribution in [2.45, 2.75) is 37.5 Å². The second-order valence-electron chi connectivity index (χ2n) is 6.19. The molecule has 1 aromatic heterocycles. The van der Waals surface area contributed by atoms with Crippen molar-refractivity contribution in [2.75, 3.05) is 20.7 Å². The van der Waals surface area contributed by atoms with Gasteiger partial charge in [0.25, 0.3) is 0 Å². The van der Waals surface area contributed by atoms with Crippen molar-refractivity contribution in [2.24, 2.45) is 5.92 Å². The van der Waals surface area contributed by atoms with Gasteiger partial charge >= 0.3 is 0 Å². The first kappa shape index (κ1) is 14.5. The monoisotopic (exact) mass is 289 g/mol. The molecule has 0 radical (unpaired) electrons. The highest BCUT2D eigenvalue weighted by molar-refractivity contribution is 5.76. The number of carbonyl (C=O) groups excluding carboxylic acids is 1. The summed E-state index contributed by atoms with van der Waals surface area (Å²) in [5.41, 5.74) is 1.15. The third-order valence-electron chi connectivity index (χ3n) is 4.66. The van der Waals surface area contributed by atoms with E-state index in [1.807, 2.05) is 12.1 Å². The van der Waals surface area contributed by atoms with Crippen molar-refractivity contribution in [1.82, 2.24) is 15.2 Å². The van der Waals surface area contributed by atoms with Crippen molar-refractivity contribution in [1.29, 1.82) is 0 Å². The van der Waals surface area contributed by atoms with Gasteiger partial charge in [-0.3, -0.25) is 9.78 Å². The second-order valence-corrected chi connectivity index (χ2v) is 6.19. The van der Waals surface area contributed by atoms with E-state index in [1.54, 1.807) is 12.4 Å². The predicted molar refractivity (Wildman–Crippen MR) is 79.8 cm³/mol. The van der Waals surface area contributed by atoms with Crippen LogP contribution in [0.25, 0.3) is 0 Å². The maximum atomic E-state index is 12.2. The fraction of sp³-hybridized carbons (Fsp3) is 0.625. The molecule has 4 atom stereocenters.